The molecule has 0 radical (unpaired) electrons. The van der Waals surface area contributed by atoms with Crippen molar-refractivity contribution in [3.63, 3.8) is 0 Å². The van der Waals surface area contributed by atoms with Crippen LogP contribution in [0.4, 0.5) is 0 Å². The highest BCUT2D eigenvalue weighted by Crippen LogP contribution is 2.44. The fourth-order valence-corrected chi connectivity index (χ4v) is 1.97. The highest BCUT2D eigenvalue weighted by Gasteiger charge is 2.24. The van der Waals surface area contributed by atoms with Gasteiger partial charge in [-0.15, -0.1) is 0 Å². The van der Waals surface area contributed by atoms with Gasteiger partial charge >= 0.3 is 7.82 Å². The molecule has 0 aliphatic carbocycles. The van der Waals surface area contributed by atoms with Crippen molar-refractivity contribution in [1.82, 2.24) is 0 Å². The van der Waals surface area contributed by atoms with E-state index in [1.807, 2.05) is 0 Å². The van der Waals surface area contributed by atoms with Crippen molar-refractivity contribution in [2.45, 2.75) is 12.5 Å². The minimum absolute atomic E-state index is 0.186. The predicted octanol–water partition coefficient (Wildman–Crippen LogP) is 2.40. The highest BCUT2D eigenvalue weighted by atomic mass is 35.5. The van der Waals surface area contributed by atoms with Gasteiger partial charge in [0.05, 0.1) is 12.5 Å². The summed E-state index contributed by atoms with van der Waals surface area (Å²) in [5, 5.41) is 8.86. The molecule has 0 heterocycles. The number of halogens is 1. The van der Waals surface area contributed by atoms with Crippen LogP contribution in [0, 0.1) is 11.3 Å². The minimum atomic E-state index is -4.65. The van der Waals surface area contributed by atoms with E-state index in [2.05, 4.69) is 4.52 Å². The van der Waals surface area contributed by atoms with Crippen LogP contribution in [0.15, 0.2) is 24.3 Å². The van der Waals surface area contributed by atoms with Gasteiger partial charge in [0.15, 0.2) is 0 Å². The first-order valence-electron chi connectivity index (χ1n) is 4.29. The van der Waals surface area contributed by atoms with Crippen LogP contribution >= 0.6 is 19.4 Å². The zero-order chi connectivity index (χ0) is 12.2. The Labute approximate surface area is 97.5 Å². The number of nitriles is 1. The Kier molecular flexibility index (Phi) is 4.48. The summed E-state index contributed by atoms with van der Waals surface area (Å²) in [6.45, 7) is 0. The van der Waals surface area contributed by atoms with Crippen LogP contribution in [0.3, 0.4) is 0 Å². The van der Waals surface area contributed by atoms with Gasteiger partial charge in [-0.3, -0.25) is 4.52 Å². The lowest BCUT2D eigenvalue weighted by atomic mass is 10.1. The van der Waals surface area contributed by atoms with Gasteiger partial charge in [-0.05, 0) is 6.07 Å². The van der Waals surface area contributed by atoms with Crippen molar-refractivity contribution in [1.29, 1.82) is 5.26 Å². The van der Waals surface area contributed by atoms with E-state index < -0.39 is 13.9 Å². The third-order valence-electron chi connectivity index (χ3n) is 1.79. The zero-order valence-corrected chi connectivity index (χ0v) is 9.73. The summed E-state index contributed by atoms with van der Waals surface area (Å²) in [4.78, 5) is 17.4. The maximum absolute atomic E-state index is 10.7. The lowest BCUT2D eigenvalue weighted by Crippen LogP contribution is -2.02. The molecule has 0 saturated heterocycles. The van der Waals surface area contributed by atoms with Crippen LogP contribution in [-0.4, -0.2) is 9.79 Å². The molecule has 2 N–H and O–H groups in total. The first-order valence-corrected chi connectivity index (χ1v) is 6.20. The molecule has 0 fully saturated rings. The van der Waals surface area contributed by atoms with Crippen LogP contribution < -0.4 is 0 Å². The fourth-order valence-electron chi connectivity index (χ4n) is 1.19. The number of nitrogens with zero attached hydrogens (tertiary/aromatic N) is 1. The molecular formula is C9H9ClNO4P. The molecule has 1 aromatic carbocycles. The highest BCUT2D eigenvalue weighted by molar-refractivity contribution is 7.46. The largest absolute Gasteiger partial charge is 0.470 e. The molecule has 7 heteroatoms. The van der Waals surface area contributed by atoms with Gasteiger partial charge in [-0.25, -0.2) is 4.57 Å². The Bertz CT molecular complexity index is 453. The summed E-state index contributed by atoms with van der Waals surface area (Å²) in [5.41, 5.74) is 0.383. The second-order valence-electron chi connectivity index (χ2n) is 2.97. The van der Waals surface area contributed by atoms with Crippen molar-refractivity contribution in [2.75, 3.05) is 0 Å². The molecule has 1 rings (SSSR count). The molecule has 0 spiro atoms. The van der Waals surface area contributed by atoms with Crippen molar-refractivity contribution in [2.24, 2.45) is 0 Å². The van der Waals surface area contributed by atoms with Gasteiger partial charge in [0.1, 0.15) is 6.10 Å². The second-order valence-corrected chi connectivity index (χ2v) is 4.57. The molecule has 0 saturated carbocycles. The molecule has 0 aromatic heterocycles. The van der Waals surface area contributed by atoms with Crippen molar-refractivity contribution < 1.29 is 18.9 Å². The third kappa shape index (κ3) is 3.93. The summed E-state index contributed by atoms with van der Waals surface area (Å²) in [5.74, 6) is 0. The molecule has 0 bridgehead atoms. The average Bonchev–Trinajstić information content (AvgIpc) is 2.16. The van der Waals surface area contributed by atoms with Crippen molar-refractivity contribution >= 4 is 19.4 Å². The molecule has 1 atom stereocenters. The topological polar surface area (TPSA) is 90.5 Å². The normalized spacial score (nSPS) is 13.1. The third-order valence-corrected chi connectivity index (χ3v) is 2.67. The number of hydrogen-bond donors (Lipinski definition) is 2. The fraction of sp³-hybridized carbons (Fsp3) is 0.222. The van der Waals surface area contributed by atoms with Gasteiger partial charge in [0, 0.05) is 10.6 Å². The maximum atomic E-state index is 10.7. The predicted molar refractivity (Wildman–Crippen MR) is 57.6 cm³/mol. The average molecular weight is 262 g/mol. The monoisotopic (exact) mass is 261 g/mol. The van der Waals surface area contributed by atoms with Gasteiger partial charge in [-0.2, -0.15) is 5.26 Å². The Morgan fingerprint density at radius 3 is 2.62 bits per heavy atom. The van der Waals surface area contributed by atoms with Crippen LogP contribution in [0.1, 0.15) is 18.1 Å². The van der Waals surface area contributed by atoms with Crippen molar-refractivity contribution in [3.8, 4) is 6.07 Å². The Hall–Kier alpha value is -0.890. The summed E-state index contributed by atoms with van der Waals surface area (Å²) in [7, 11) is -4.65. The quantitative estimate of drug-likeness (QED) is 0.812. The lowest BCUT2D eigenvalue weighted by molar-refractivity contribution is 0.137. The van der Waals surface area contributed by atoms with E-state index >= 15 is 0 Å². The first-order chi connectivity index (χ1) is 7.44. The molecule has 0 aliphatic rings. The van der Waals surface area contributed by atoms with E-state index in [9.17, 15) is 4.57 Å². The van der Waals surface area contributed by atoms with Crippen LogP contribution in [-0.2, 0) is 9.09 Å². The number of phosphoric acid groups is 1. The van der Waals surface area contributed by atoms with E-state index in [1.54, 1.807) is 30.3 Å². The van der Waals surface area contributed by atoms with Crippen molar-refractivity contribution in [3.05, 3.63) is 34.9 Å². The summed E-state index contributed by atoms with van der Waals surface area (Å²) in [6.07, 6.45) is -1.21. The molecule has 16 heavy (non-hydrogen) atoms. The molecule has 5 nitrogen and oxygen atoms in total. The minimum Gasteiger partial charge on any atom is -0.303 e. The van der Waals surface area contributed by atoms with E-state index in [-0.39, 0.29) is 6.42 Å². The molecule has 0 aliphatic heterocycles. The lowest BCUT2D eigenvalue weighted by Gasteiger charge is -2.16. The molecule has 86 valence electrons. The molecular weight excluding hydrogens is 253 g/mol. The first kappa shape index (κ1) is 13.2. The SMILES string of the molecule is N#CCC(OP(=O)(O)O)c1ccccc1Cl. The summed E-state index contributed by atoms with van der Waals surface area (Å²) >= 11 is 5.84. The smallest absolute Gasteiger partial charge is 0.303 e. The summed E-state index contributed by atoms with van der Waals surface area (Å²) < 4.78 is 15.2. The van der Waals surface area contributed by atoms with E-state index in [1.165, 1.54) is 0 Å². The van der Waals surface area contributed by atoms with Crippen LogP contribution in [0.25, 0.3) is 0 Å². The number of benzene rings is 1. The number of phosphoric ester groups is 1. The molecule has 0 amide bonds. The van der Waals surface area contributed by atoms with Gasteiger partial charge in [0.25, 0.3) is 0 Å². The second kappa shape index (κ2) is 5.44. The van der Waals surface area contributed by atoms with E-state index in [4.69, 9.17) is 26.6 Å². The zero-order valence-electron chi connectivity index (χ0n) is 8.08. The number of rotatable bonds is 4. The van der Waals surface area contributed by atoms with Gasteiger partial charge in [-0.1, -0.05) is 29.8 Å². The molecule has 1 aromatic rings. The van der Waals surface area contributed by atoms with E-state index in [0.29, 0.717) is 10.6 Å². The van der Waals surface area contributed by atoms with Crippen LogP contribution in [0.2, 0.25) is 5.02 Å². The van der Waals surface area contributed by atoms with E-state index in [0.717, 1.165) is 0 Å². The Morgan fingerprint density at radius 2 is 2.12 bits per heavy atom. The van der Waals surface area contributed by atoms with Crippen LogP contribution in [0.5, 0.6) is 0 Å². The molecule has 1 unspecified atom stereocenters. The standard InChI is InChI=1S/C9H9ClNO4P/c10-8-4-2-1-3-7(8)9(5-6-11)15-16(12,13)14/h1-4,9H,5H2,(H2,12,13,14). The number of hydrogen-bond acceptors (Lipinski definition) is 3. The Balaban J connectivity index is 3.00. The maximum Gasteiger partial charge on any atom is 0.470 e. The summed E-state index contributed by atoms with van der Waals surface area (Å²) in [6, 6.07) is 8.23. The Morgan fingerprint density at radius 1 is 1.50 bits per heavy atom. The van der Waals surface area contributed by atoms with Gasteiger partial charge < -0.3 is 9.79 Å². The van der Waals surface area contributed by atoms with Gasteiger partial charge in [0.2, 0.25) is 0 Å².